The molecule has 0 aromatic heterocycles. The van der Waals surface area contributed by atoms with Gasteiger partial charge in [0.1, 0.15) is 24.2 Å². The standard InChI is InChI=1S/C26H41N3O6/c1-9-10-15-29(24(32)21(17(2)3)28-25(33)35-26(5,6)7)22(19-13-11-18(4)12-14-19)23(31)27-16-20(30)34-8/h11-14,17,21-22H,9-10,15-16H2,1-8H3,(H,27,31)(H,28,33). The zero-order valence-corrected chi connectivity index (χ0v) is 22.3. The molecule has 35 heavy (non-hydrogen) atoms. The number of ether oxygens (including phenoxy) is 2. The van der Waals surface area contributed by atoms with Crippen LogP contribution in [0.3, 0.4) is 0 Å². The molecule has 0 saturated carbocycles. The molecule has 2 N–H and O–H groups in total. The average molecular weight is 492 g/mol. The Kier molecular flexibility index (Phi) is 11.7. The second-order valence-corrected chi connectivity index (χ2v) is 9.86. The van der Waals surface area contributed by atoms with E-state index in [0.717, 1.165) is 12.0 Å². The zero-order chi connectivity index (χ0) is 26.8. The van der Waals surface area contributed by atoms with Crippen molar-refractivity contribution in [1.82, 2.24) is 15.5 Å². The molecule has 1 rings (SSSR count). The van der Waals surface area contributed by atoms with Gasteiger partial charge in [0.25, 0.3) is 0 Å². The van der Waals surface area contributed by atoms with Crippen LogP contribution in [0.1, 0.15) is 71.6 Å². The third-order valence-corrected chi connectivity index (χ3v) is 5.23. The fraction of sp³-hybridized carbons (Fsp3) is 0.615. The molecule has 0 heterocycles. The van der Waals surface area contributed by atoms with Gasteiger partial charge in [-0.2, -0.15) is 0 Å². The van der Waals surface area contributed by atoms with Gasteiger partial charge in [-0.25, -0.2) is 4.79 Å². The van der Waals surface area contributed by atoms with Gasteiger partial charge in [0, 0.05) is 6.54 Å². The predicted octanol–water partition coefficient (Wildman–Crippen LogP) is 3.50. The summed E-state index contributed by atoms with van der Waals surface area (Å²) in [6, 6.07) is 5.38. The molecule has 9 nitrogen and oxygen atoms in total. The van der Waals surface area contributed by atoms with Gasteiger partial charge in [0.05, 0.1) is 7.11 Å². The van der Waals surface area contributed by atoms with E-state index in [0.29, 0.717) is 18.5 Å². The molecular weight excluding hydrogens is 450 g/mol. The number of alkyl carbamates (subject to hydrolysis) is 1. The molecule has 2 atom stereocenters. The summed E-state index contributed by atoms with van der Waals surface area (Å²) in [5, 5.41) is 5.26. The maximum atomic E-state index is 13.9. The fourth-order valence-electron chi connectivity index (χ4n) is 3.37. The van der Waals surface area contributed by atoms with Gasteiger partial charge in [0.15, 0.2) is 0 Å². The Morgan fingerprint density at radius 2 is 1.66 bits per heavy atom. The van der Waals surface area contributed by atoms with Crippen LogP contribution < -0.4 is 10.6 Å². The molecule has 2 unspecified atom stereocenters. The Labute approximate surface area is 208 Å². The normalized spacial score (nSPS) is 12.9. The smallest absolute Gasteiger partial charge is 0.408 e. The first-order valence-electron chi connectivity index (χ1n) is 12.0. The summed E-state index contributed by atoms with van der Waals surface area (Å²) < 4.78 is 9.99. The molecule has 1 aromatic rings. The Morgan fingerprint density at radius 3 is 2.14 bits per heavy atom. The maximum absolute atomic E-state index is 13.9. The molecule has 9 heteroatoms. The van der Waals surface area contributed by atoms with Gasteiger partial charge >= 0.3 is 12.1 Å². The lowest BCUT2D eigenvalue weighted by Gasteiger charge is -2.35. The van der Waals surface area contributed by atoms with Crippen LogP contribution in [0, 0.1) is 12.8 Å². The van der Waals surface area contributed by atoms with Crippen LogP contribution in [0.25, 0.3) is 0 Å². The number of nitrogens with one attached hydrogen (secondary N) is 2. The third kappa shape index (κ3) is 9.96. The summed E-state index contributed by atoms with van der Waals surface area (Å²) in [7, 11) is 1.23. The summed E-state index contributed by atoms with van der Waals surface area (Å²) in [6.45, 7) is 12.7. The molecule has 0 aliphatic rings. The van der Waals surface area contributed by atoms with Crippen LogP contribution in [-0.2, 0) is 23.9 Å². The van der Waals surface area contributed by atoms with E-state index in [4.69, 9.17) is 4.74 Å². The number of benzene rings is 1. The Bertz CT molecular complexity index is 861. The topological polar surface area (TPSA) is 114 Å². The molecule has 0 spiro atoms. The van der Waals surface area contributed by atoms with E-state index in [1.165, 1.54) is 12.0 Å². The lowest BCUT2D eigenvalue weighted by atomic mass is 9.98. The highest BCUT2D eigenvalue weighted by molar-refractivity contribution is 5.93. The SMILES string of the molecule is CCCCN(C(=O)C(NC(=O)OC(C)(C)C)C(C)C)C(C(=O)NCC(=O)OC)c1ccc(C)cc1. The number of esters is 1. The van der Waals surface area contributed by atoms with Crippen molar-refractivity contribution in [2.24, 2.45) is 5.92 Å². The molecule has 0 radical (unpaired) electrons. The van der Waals surface area contributed by atoms with Crippen molar-refractivity contribution in [2.45, 2.75) is 79.0 Å². The van der Waals surface area contributed by atoms with E-state index in [2.05, 4.69) is 15.4 Å². The first-order valence-corrected chi connectivity index (χ1v) is 12.0. The minimum atomic E-state index is -0.999. The first kappa shape index (κ1) is 29.9. The largest absolute Gasteiger partial charge is 0.468 e. The number of hydrogen-bond acceptors (Lipinski definition) is 6. The molecule has 0 fully saturated rings. The van der Waals surface area contributed by atoms with Gasteiger partial charge in [-0.3, -0.25) is 14.4 Å². The van der Waals surface area contributed by atoms with Crippen molar-refractivity contribution < 1.29 is 28.7 Å². The van der Waals surface area contributed by atoms with E-state index in [1.54, 1.807) is 32.9 Å². The summed E-state index contributed by atoms with van der Waals surface area (Å²) >= 11 is 0. The number of unbranched alkanes of at least 4 members (excludes halogenated alkanes) is 1. The molecule has 0 aliphatic heterocycles. The summed E-state index contributed by atoms with van der Waals surface area (Å²) in [5.41, 5.74) is 0.872. The van der Waals surface area contributed by atoms with Gasteiger partial charge in [-0.05, 0) is 45.6 Å². The quantitative estimate of drug-likeness (QED) is 0.458. The number of aryl methyl sites for hydroxylation is 1. The Balaban J connectivity index is 3.40. The van der Waals surface area contributed by atoms with Crippen LogP contribution in [0.5, 0.6) is 0 Å². The van der Waals surface area contributed by atoms with Crippen LogP contribution >= 0.6 is 0 Å². The van der Waals surface area contributed by atoms with Crippen LogP contribution in [0.4, 0.5) is 4.79 Å². The van der Waals surface area contributed by atoms with Gasteiger partial charge in [-0.1, -0.05) is 57.0 Å². The van der Waals surface area contributed by atoms with Crippen LogP contribution in [-0.4, -0.2) is 60.6 Å². The molecule has 0 bridgehead atoms. The average Bonchev–Trinajstić information content (AvgIpc) is 2.77. The van der Waals surface area contributed by atoms with E-state index < -0.39 is 41.6 Å². The van der Waals surface area contributed by atoms with Gasteiger partial charge < -0.3 is 25.0 Å². The second-order valence-electron chi connectivity index (χ2n) is 9.86. The lowest BCUT2D eigenvalue weighted by Crippen LogP contribution is -2.55. The predicted molar refractivity (Wildman–Crippen MR) is 134 cm³/mol. The summed E-state index contributed by atoms with van der Waals surface area (Å²) in [6.07, 6.45) is 0.734. The fourth-order valence-corrected chi connectivity index (χ4v) is 3.37. The maximum Gasteiger partial charge on any atom is 0.408 e. The van der Waals surface area contributed by atoms with Crippen LogP contribution in [0.15, 0.2) is 24.3 Å². The molecule has 3 amide bonds. The number of rotatable bonds is 11. The third-order valence-electron chi connectivity index (χ3n) is 5.23. The zero-order valence-electron chi connectivity index (χ0n) is 22.3. The minimum Gasteiger partial charge on any atom is -0.468 e. The van der Waals surface area contributed by atoms with Crippen molar-refractivity contribution in [1.29, 1.82) is 0 Å². The van der Waals surface area contributed by atoms with Crippen molar-refractivity contribution in [3.8, 4) is 0 Å². The van der Waals surface area contributed by atoms with Crippen molar-refractivity contribution >= 4 is 23.9 Å². The number of methoxy groups -OCH3 is 1. The van der Waals surface area contributed by atoms with E-state index in [9.17, 15) is 19.2 Å². The highest BCUT2D eigenvalue weighted by atomic mass is 16.6. The number of carbonyl (C=O) groups excluding carboxylic acids is 4. The van der Waals surface area contributed by atoms with Crippen molar-refractivity contribution in [3.63, 3.8) is 0 Å². The summed E-state index contributed by atoms with van der Waals surface area (Å²) in [5.74, 6) is -1.78. The molecule has 196 valence electrons. The number of hydrogen-bond donors (Lipinski definition) is 2. The van der Waals surface area contributed by atoms with Crippen molar-refractivity contribution in [2.75, 3.05) is 20.2 Å². The monoisotopic (exact) mass is 491 g/mol. The molecule has 0 saturated heterocycles. The van der Waals surface area contributed by atoms with E-state index in [-0.39, 0.29) is 12.5 Å². The number of carbonyl (C=O) groups is 4. The first-order chi connectivity index (χ1) is 16.3. The molecule has 1 aromatic carbocycles. The lowest BCUT2D eigenvalue weighted by molar-refractivity contribution is -0.145. The Morgan fingerprint density at radius 1 is 1.06 bits per heavy atom. The number of nitrogens with zero attached hydrogens (tertiary/aromatic N) is 1. The highest BCUT2D eigenvalue weighted by Gasteiger charge is 2.37. The highest BCUT2D eigenvalue weighted by Crippen LogP contribution is 2.25. The number of amides is 3. The van der Waals surface area contributed by atoms with Crippen molar-refractivity contribution in [3.05, 3.63) is 35.4 Å². The van der Waals surface area contributed by atoms with E-state index in [1.807, 2.05) is 39.8 Å². The molecular formula is C26H41N3O6. The molecule has 0 aliphatic carbocycles. The minimum absolute atomic E-state index is 0.268. The van der Waals surface area contributed by atoms with Gasteiger partial charge in [0.2, 0.25) is 11.8 Å². The summed E-state index contributed by atoms with van der Waals surface area (Å²) in [4.78, 5) is 52.8. The van der Waals surface area contributed by atoms with Crippen LogP contribution in [0.2, 0.25) is 0 Å². The van der Waals surface area contributed by atoms with Gasteiger partial charge in [-0.15, -0.1) is 0 Å². The Hall–Kier alpha value is -3.10. The van der Waals surface area contributed by atoms with E-state index >= 15 is 0 Å². The second kappa shape index (κ2) is 13.7.